The molecule has 26 heavy (non-hydrogen) atoms. The number of benzene rings is 1. The molecular formula is C17H18Cl2N2O3S2. The van der Waals surface area contributed by atoms with Crippen LogP contribution in [0.1, 0.15) is 12.0 Å². The minimum absolute atomic E-state index is 0.0289. The zero-order valence-corrected chi connectivity index (χ0v) is 17.0. The van der Waals surface area contributed by atoms with Crippen molar-refractivity contribution in [3.05, 3.63) is 51.3 Å². The standard InChI is InChI=1S/C17H18Cl2N2O3S2/c18-14-3-1-2-13(12-14)4-6-16(22)20-8-10-21(11-9-20)26(23,24)17-7-5-15(19)25-17/h1-3,5,7,12H,4,6,8-11H2. The second kappa shape index (κ2) is 8.27. The lowest BCUT2D eigenvalue weighted by Gasteiger charge is -2.33. The Labute approximate surface area is 167 Å². The van der Waals surface area contributed by atoms with E-state index in [2.05, 4.69) is 0 Å². The van der Waals surface area contributed by atoms with Gasteiger partial charge in [0.25, 0.3) is 10.0 Å². The molecule has 0 N–H and O–H groups in total. The summed E-state index contributed by atoms with van der Waals surface area (Å²) in [5.41, 5.74) is 1.02. The fourth-order valence-electron chi connectivity index (χ4n) is 2.84. The van der Waals surface area contributed by atoms with Gasteiger partial charge in [0.15, 0.2) is 0 Å². The zero-order chi connectivity index (χ0) is 18.7. The number of rotatable bonds is 5. The maximum atomic E-state index is 12.6. The van der Waals surface area contributed by atoms with Gasteiger partial charge in [-0.2, -0.15) is 4.31 Å². The molecule has 2 heterocycles. The van der Waals surface area contributed by atoms with Gasteiger partial charge in [0, 0.05) is 37.6 Å². The van der Waals surface area contributed by atoms with Crippen molar-refractivity contribution in [2.75, 3.05) is 26.2 Å². The second-order valence-electron chi connectivity index (χ2n) is 5.97. The van der Waals surface area contributed by atoms with Crippen molar-refractivity contribution in [2.24, 2.45) is 0 Å². The molecule has 9 heteroatoms. The molecule has 2 aromatic rings. The van der Waals surface area contributed by atoms with Gasteiger partial charge in [0.2, 0.25) is 5.91 Å². The average Bonchev–Trinajstić information content (AvgIpc) is 3.07. The highest BCUT2D eigenvalue weighted by molar-refractivity contribution is 7.91. The van der Waals surface area contributed by atoms with E-state index in [1.165, 1.54) is 10.4 Å². The van der Waals surface area contributed by atoms with Crippen LogP contribution >= 0.6 is 34.5 Å². The van der Waals surface area contributed by atoms with Crippen LogP contribution < -0.4 is 0 Å². The molecule has 0 atom stereocenters. The molecule has 0 spiro atoms. The first-order chi connectivity index (χ1) is 12.4. The molecule has 1 amide bonds. The molecule has 0 saturated carbocycles. The lowest BCUT2D eigenvalue weighted by Crippen LogP contribution is -2.50. The van der Waals surface area contributed by atoms with Gasteiger partial charge in [-0.15, -0.1) is 11.3 Å². The first kappa shape index (κ1) is 19.6. The summed E-state index contributed by atoms with van der Waals surface area (Å²) in [6.45, 7) is 1.38. The fraction of sp³-hybridized carbons (Fsp3) is 0.353. The zero-order valence-electron chi connectivity index (χ0n) is 13.9. The number of halogens is 2. The van der Waals surface area contributed by atoms with Crippen molar-refractivity contribution in [3.63, 3.8) is 0 Å². The molecule has 0 radical (unpaired) electrons. The Morgan fingerprint density at radius 3 is 2.42 bits per heavy atom. The lowest BCUT2D eigenvalue weighted by atomic mass is 10.1. The SMILES string of the molecule is O=C(CCc1cccc(Cl)c1)N1CCN(S(=O)(=O)c2ccc(Cl)s2)CC1. The molecule has 0 aliphatic carbocycles. The molecule has 1 saturated heterocycles. The number of sulfonamides is 1. The Kier molecular flexibility index (Phi) is 6.25. The van der Waals surface area contributed by atoms with Gasteiger partial charge < -0.3 is 4.90 Å². The molecule has 3 rings (SSSR count). The highest BCUT2D eigenvalue weighted by Gasteiger charge is 2.30. The van der Waals surface area contributed by atoms with Crippen molar-refractivity contribution in [1.29, 1.82) is 0 Å². The van der Waals surface area contributed by atoms with Gasteiger partial charge in [-0.25, -0.2) is 8.42 Å². The topological polar surface area (TPSA) is 57.7 Å². The summed E-state index contributed by atoms with van der Waals surface area (Å²) in [6, 6.07) is 10.6. The summed E-state index contributed by atoms with van der Waals surface area (Å²) in [5, 5.41) is 0.655. The van der Waals surface area contributed by atoms with Crippen LogP contribution in [0.2, 0.25) is 9.36 Å². The number of carbonyl (C=O) groups is 1. The molecule has 0 unspecified atom stereocenters. The molecular weight excluding hydrogens is 415 g/mol. The van der Waals surface area contributed by atoms with Crippen molar-refractivity contribution in [2.45, 2.75) is 17.1 Å². The number of hydrogen-bond donors (Lipinski definition) is 0. The van der Waals surface area contributed by atoms with Crippen LogP contribution in [0.15, 0.2) is 40.6 Å². The van der Waals surface area contributed by atoms with Gasteiger partial charge in [0.1, 0.15) is 4.21 Å². The quantitative estimate of drug-likeness (QED) is 0.725. The third-order valence-corrected chi connectivity index (χ3v) is 8.08. The van der Waals surface area contributed by atoms with Crippen LogP contribution in [0.3, 0.4) is 0 Å². The van der Waals surface area contributed by atoms with E-state index in [9.17, 15) is 13.2 Å². The van der Waals surface area contributed by atoms with E-state index in [0.717, 1.165) is 16.9 Å². The molecule has 1 aromatic heterocycles. The normalized spacial score (nSPS) is 16.0. The van der Waals surface area contributed by atoms with Gasteiger partial charge in [-0.05, 0) is 36.2 Å². The van der Waals surface area contributed by atoms with E-state index in [1.54, 1.807) is 17.0 Å². The minimum atomic E-state index is -3.54. The van der Waals surface area contributed by atoms with Crippen LogP contribution in [0.4, 0.5) is 0 Å². The number of aryl methyl sites for hydroxylation is 1. The third kappa shape index (κ3) is 4.58. The summed E-state index contributed by atoms with van der Waals surface area (Å²) in [4.78, 5) is 14.1. The molecule has 1 aromatic carbocycles. The van der Waals surface area contributed by atoms with Gasteiger partial charge in [0.05, 0.1) is 4.34 Å². The largest absolute Gasteiger partial charge is 0.340 e. The van der Waals surface area contributed by atoms with Crippen molar-refractivity contribution < 1.29 is 13.2 Å². The lowest BCUT2D eigenvalue weighted by molar-refractivity contribution is -0.132. The minimum Gasteiger partial charge on any atom is -0.340 e. The monoisotopic (exact) mass is 432 g/mol. The number of nitrogens with zero attached hydrogens (tertiary/aromatic N) is 2. The number of carbonyl (C=O) groups excluding carboxylic acids is 1. The first-order valence-corrected chi connectivity index (χ1v) is 11.2. The average molecular weight is 433 g/mol. The molecule has 5 nitrogen and oxygen atoms in total. The number of amides is 1. The second-order valence-corrected chi connectivity index (χ2v) is 10.3. The molecule has 1 aliphatic rings. The maximum absolute atomic E-state index is 12.6. The van der Waals surface area contributed by atoms with Crippen molar-refractivity contribution >= 4 is 50.5 Å². The third-order valence-electron chi connectivity index (χ3n) is 4.25. The Morgan fingerprint density at radius 1 is 1.08 bits per heavy atom. The van der Waals surface area contributed by atoms with Gasteiger partial charge >= 0.3 is 0 Å². The molecule has 140 valence electrons. The van der Waals surface area contributed by atoms with E-state index in [-0.39, 0.29) is 10.1 Å². The summed E-state index contributed by atoms with van der Waals surface area (Å²) in [5.74, 6) is 0.0289. The van der Waals surface area contributed by atoms with Crippen LogP contribution in [-0.2, 0) is 21.2 Å². The highest BCUT2D eigenvalue weighted by atomic mass is 35.5. The Morgan fingerprint density at radius 2 is 1.81 bits per heavy atom. The van der Waals surface area contributed by atoms with Crippen molar-refractivity contribution in [3.8, 4) is 0 Å². The number of thiophene rings is 1. The van der Waals surface area contributed by atoms with Gasteiger partial charge in [-0.1, -0.05) is 35.3 Å². The fourth-order valence-corrected chi connectivity index (χ4v) is 6.12. The van der Waals surface area contributed by atoms with E-state index < -0.39 is 10.0 Å². The molecule has 0 bridgehead atoms. The molecule has 1 fully saturated rings. The summed E-state index contributed by atoms with van der Waals surface area (Å²) < 4.78 is 27.3. The van der Waals surface area contributed by atoms with E-state index in [1.807, 2.05) is 18.2 Å². The smallest absolute Gasteiger partial charge is 0.252 e. The van der Waals surface area contributed by atoms with Crippen molar-refractivity contribution in [1.82, 2.24) is 9.21 Å². The Bertz CT molecular complexity index is 891. The van der Waals surface area contributed by atoms with E-state index in [0.29, 0.717) is 48.4 Å². The Balaban J connectivity index is 1.54. The van der Waals surface area contributed by atoms with E-state index in [4.69, 9.17) is 23.2 Å². The molecule has 1 aliphatic heterocycles. The highest BCUT2D eigenvalue weighted by Crippen LogP contribution is 2.28. The summed E-state index contributed by atoms with van der Waals surface area (Å²) >= 11 is 12.8. The number of hydrogen-bond acceptors (Lipinski definition) is 4. The maximum Gasteiger partial charge on any atom is 0.252 e. The van der Waals surface area contributed by atoms with Crippen LogP contribution in [0, 0.1) is 0 Å². The predicted molar refractivity (Wildman–Crippen MR) is 104 cm³/mol. The first-order valence-electron chi connectivity index (χ1n) is 8.14. The predicted octanol–water partition coefficient (Wildman–Crippen LogP) is 3.52. The van der Waals surface area contributed by atoms with Crippen LogP contribution in [-0.4, -0.2) is 49.7 Å². The van der Waals surface area contributed by atoms with Gasteiger partial charge in [-0.3, -0.25) is 4.79 Å². The summed E-state index contributed by atoms with van der Waals surface area (Å²) in [6.07, 6.45) is 0.999. The van der Waals surface area contributed by atoms with Crippen LogP contribution in [0.5, 0.6) is 0 Å². The summed E-state index contributed by atoms with van der Waals surface area (Å²) in [7, 11) is -3.54. The van der Waals surface area contributed by atoms with Crippen LogP contribution in [0.25, 0.3) is 0 Å². The number of piperazine rings is 1. The Hall–Kier alpha value is -1.12. The van der Waals surface area contributed by atoms with E-state index >= 15 is 0 Å².